The first kappa shape index (κ1) is 25.8. The summed E-state index contributed by atoms with van der Waals surface area (Å²) in [7, 11) is 0. The Hall–Kier alpha value is -2.86. The largest absolute Gasteiger partial charge is 0.481 e. The van der Waals surface area contributed by atoms with Gasteiger partial charge in [-0.3, -0.25) is 4.79 Å². The molecule has 0 unspecified atom stereocenters. The number of ether oxygens (including phenoxy) is 2. The number of aliphatic carboxylic acids is 1. The number of hydrogen-bond donors (Lipinski definition) is 2. The topological polar surface area (TPSA) is 84.9 Å². The van der Waals surface area contributed by atoms with Crippen LogP contribution in [-0.4, -0.2) is 42.5 Å². The van der Waals surface area contributed by atoms with Crippen LogP contribution in [0.1, 0.15) is 69.9 Å². The van der Waals surface area contributed by atoms with E-state index in [2.05, 4.69) is 36.5 Å². The van der Waals surface area contributed by atoms with Crippen LogP contribution in [0.3, 0.4) is 0 Å². The van der Waals surface area contributed by atoms with Crippen LogP contribution in [0.2, 0.25) is 0 Å². The molecule has 1 amide bonds. The van der Waals surface area contributed by atoms with Crippen molar-refractivity contribution in [1.82, 2.24) is 5.32 Å². The van der Waals surface area contributed by atoms with Gasteiger partial charge in [-0.05, 0) is 42.5 Å². The molecule has 2 N–H and O–H groups in total. The third-order valence-corrected chi connectivity index (χ3v) is 6.56. The van der Waals surface area contributed by atoms with Crippen molar-refractivity contribution in [3.8, 4) is 11.1 Å². The van der Waals surface area contributed by atoms with Crippen LogP contribution in [0.4, 0.5) is 4.79 Å². The van der Waals surface area contributed by atoms with Crippen LogP contribution in [-0.2, 0) is 14.3 Å². The van der Waals surface area contributed by atoms with Gasteiger partial charge in [0.1, 0.15) is 6.61 Å². The standard InChI is InChI=1S/C28H37NO5/c1-4-5-6-7-16-26(20(3)27(30)31)33-17-19(2)29-28(32)34-18-25-23-14-10-8-12-21(23)22-13-9-11-15-24(22)25/h8-15,19-20,25-26H,4-7,16-18H2,1-3H3,(H,29,32)(H,30,31)/t19-,20-,26-/m1/s1. The monoisotopic (exact) mass is 467 g/mol. The molecule has 0 aliphatic heterocycles. The van der Waals surface area contributed by atoms with E-state index in [1.54, 1.807) is 6.92 Å². The van der Waals surface area contributed by atoms with Crippen molar-refractivity contribution in [2.24, 2.45) is 5.92 Å². The Morgan fingerprint density at radius 2 is 1.59 bits per heavy atom. The van der Waals surface area contributed by atoms with Gasteiger partial charge in [-0.2, -0.15) is 0 Å². The van der Waals surface area contributed by atoms with Gasteiger partial charge in [0.15, 0.2) is 0 Å². The molecule has 6 nitrogen and oxygen atoms in total. The number of carbonyl (C=O) groups excluding carboxylic acids is 1. The second-order valence-corrected chi connectivity index (χ2v) is 9.22. The quantitative estimate of drug-likeness (QED) is 0.354. The lowest BCUT2D eigenvalue weighted by Crippen LogP contribution is -2.39. The third-order valence-electron chi connectivity index (χ3n) is 6.56. The van der Waals surface area contributed by atoms with Gasteiger partial charge in [0.05, 0.1) is 24.7 Å². The molecule has 0 saturated heterocycles. The van der Waals surface area contributed by atoms with E-state index in [1.807, 2.05) is 31.2 Å². The van der Waals surface area contributed by atoms with E-state index in [0.717, 1.165) is 25.7 Å². The summed E-state index contributed by atoms with van der Waals surface area (Å²) < 4.78 is 11.5. The first-order valence-electron chi connectivity index (χ1n) is 12.4. The number of carbonyl (C=O) groups is 2. The summed E-state index contributed by atoms with van der Waals surface area (Å²) in [5.41, 5.74) is 4.71. The van der Waals surface area contributed by atoms with Crippen LogP contribution < -0.4 is 5.32 Å². The fourth-order valence-corrected chi connectivity index (χ4v) is 4.56. The zero-order chi connectivity index (χ0) is 24.5. The Labute approximate surface area is 202 Å². The summed E-state index contributed by atoms with van der Waals surface area (Å²) in [5, 5.41) is 12.2. The Balaban J connectivity index is 1.49. The van der Waals surface area contributed by atoms with Crippen molar-refractivity contribution < 1.29 is 24.2 Å². The molecule has 0 saturated carbocycles. The fraction of sp³-hybridized carbons (Fsp3) is 0.500. The minimum Gasteiger partial charge on any atom is -0.481 e. The van der Waals surface area contributed by atoms with E-state index in [4.69, 9.17) is 9.47 Å². The molecular weight excluding hydrogens is 430 g/mol. The van der Waals surface area contributed by atoms with Crippen molar-refractivity contribution in [1.29, 1.82) is 0 Å². The molecule has 2 aromatic rings. The predicted molar refractivity (Wildman–Crippen MR) is 133 cm³/mol. The number of benzene rings is 2. The first-order chi connectivity index (χ1) is 16.4. The highest BCUT2D eigenvalue weighted by atomic mass is 16.5. The van der Waals surface area contributed by atoms with Crippen LogP contribution in [0, 0.1) is 5.92 Å². The second kappa shape index (κ2) is 12.6. The number of rotatable bonds is 13. The Kier molecular flexibility index (Phi) is 9.52. The minimum atomic E-state index is -0.863. The molecule has 1 aliphatic carbocycles. The van der Waals surface area contributed by atoms with E-state index in [-0.39, 0.29) is 31.3 Å². The van der Waals surface area contributed by atoms with Crippen LogP contribution >= 0.6 is 0 Å². The molecule has 0 heterocycles. The summed E-state index contributed by atoms with van der Waals surface area (Å²) in [5.74, 6) is -1.45. The van der Waals surface area contributed by atoms with Crippen LogP contribution in [0.25, 0.3) is 11.1 Å². The number of alkyl carbamates (subject to hydrolysis) is 1. The normalized spacial score (nSPS) is 15.1. The van der Waals surface area contributed by atoms with Crippen molar-refractivity contribution >= 4 is 12.1 Å². The Bertz CT molecular complexity index is 914. The Morgan fingerprint density at radius 3 is 2.18 bits per heavy atom. The third kappa shape index (κ3) is 6.60. The van der Waals surface area contributed by atoms with E-state index in [1.165, 1.54) is 22.3 Å². The molecule has 0 radical (unpaired) electrons. The molecule has 6 heteroatoms. The van der Waals surface area contributed by atoms with Crippen molar-refractivity contribution in [3.63, 3.8) is 0 Å². The minimum absolute atomic E-state index is 0.00798. The highest BCUT2D eigenvalue weighted by molar-refractivity contribution is 5.79. The number of amides is 1. The van der Waals surface area contributed by atoms with Gasteiger partial charge in [-0.15, -0.1) is 0 Å². The summed E-state index contributed by atoms with van der Waals surface area (Å²) >= 11 is 0. The highest BCUT2D eigenvalue weighted by Crippen LogP contribution is 2.44. The maximum Gasteiger partial charge on any atom is 0.407 e. The fourth-order valence-electron chi connectivity index (χ4n) is 4.56. The molecule has 0 bridgehead atoms. The molecule has 0 spiro atoms. The van der Waals surface area contributed by atoms with Gasteiger partial charge in [0, 0.05) is 5.92 Å². The molecule has 2 aromatic carbocycles. The average Bonchev–Trinajstić information content (AvgIpc) is 3.15. The molecule has 3 atom stereocenters. The smallest absolute Gasteiger partial charge is 0.407 e. The molecular formula is C28H37NO5. The van der Waals surface area contributed by atoms with E-state index < -0.39 is 18.0 Å². The van der Waals surface area contributed by atoms with Gasteiger partial charge in [0.25, 0.3) is 0 Å². The molecule has 1 aliphatic rings. The number of fused-ring (bicyclic) bond motifs is 3. The molecule has 0 fully saturated rings. The zero-order valence-electron chi connectivity index (χ0n) is 20.5. The molecule has 0 aromatic heterocycles. The summed E-state index contributed by atoms with van der Waals surface area (Å²) in [6.07, 6.45) is 4.09. The van der Waals surface area contributed by atoms with Crippen LogP contribution in [0.15, 0.2) is 48.5 Å². The van der Waals surface area contributed by atoms with E-state index >= 15 is 0 Å². The molecule has 34 heavy (non-hydrogen) atoms. The summed E-state index contributed by atoms with van der Waals surface area (Å²) in [6.45, 7) is 6.14. The van der Waals surface area contributed by atoms with Gasteiger partial charge >= 0.3 is 12.1 Å². The number of carboxylic acid groups (broad SMARTS) is 1. The van der Waals surface area contributed by atoms with E-state index in [0.29, 0.717) is 6.42 Å². The summed E-state index contributed by atoms with van der Waals surface area (Å²) in [6, 6.07) is 16.1. The maximum atomic E-state index is 12.5. The van der Waals surface area contributed by atoms with Gasteiger partial charge in [0.2, 0.25) is 0 Å². The number of unbranched alkanes of at least 4 members (excludes halogenated alkanes) is 3. The number of hydrogen-bond acceptors (Lipinski definition) is 4. The summed E-state index contributed by atoms with van der Waals surface area (Å²) in [4.78, 5) is 24.0. The zero-order valence-corrected chi connectivity index (χ0v) is 20.5. The lowest BCUT2D eigenvalue weighted by Gasteiger charge is -2.24. The number of nitrogens with one attached hydrogen (secondary N) is 1. The van der Waals surface area contributed by atoms with Gasteiger partial charge in [-0.25, -0.2) is 4.79 Å². The highest BCUT2D eigenvalue weighted by Gasteiger charge is 2.29. The second-order valence-electron chi connectivity index (χ2n) is 9.22. The van der Waals surface area contributed by atoms with Gasteiger partial charge in [-0.1, -0.05) is 81.1 Å². The lowest BCUT2D eigenvalue weighted by atomic mass is 9.98. The van der Waals surface area contributed by atoms with Crippen molar-refractivity contribution in [2.75, 3.05) is 13.2 Å². The predicted octanol–water partition coefficient (Wildman–Crippen LogP) is 5.99. The van der Waals surface area contributed by atoms with Gasteiger partial charge < -0.3 is 19.9 Å². The number of carboxylic acids is 1. The average molecular weight is 468 g/mol. The van der Waals surface area contributed by atoms with Crippen molar-refractivity contribution in [2.45, 2.75) is 70.9 Å². The molecule has 3 rings (SSSR count). The first-order valence-corrected chi connectivity index (χ1v) is 12.4. The lowest BCUT2D eigenvalue weighted by molar-refractivity contribution is -0.147. The Morgan fingerprint density at radius 1 is 0.971 bits per heavy atom. The van der Waals surface area contributed by atoms with Crippen LogP contribution in [0.5, 0.6) is 0 Å². The maximum absolute atomic E-state index is 12.5. The van der Waals surface area contributed by atoms with E-state index in [9.17, 15) is 14.7 Å². The molecule has 184 valence electrons. The van der Waals surface area contributed by atoms with Crippen molar-refractivity contribution in [3.05, 3.63) is 59.7 Å². The SMILES string of the molecule is CCCCCC[C@@H](OC[C@@H](C)NC(=O)OCC1c2ccccc2-c2ccccc21)[C@@H](C)C(=O)O.